The number of nitrogens with one attached hydrogen (secondary N) is 2. The number of methoxy groups -OCH3 is 1. The lowest BCUT2D eigenvalue weighted by Crippen LogP contribution is -2.33. The average Bonchev–Trinajstić information content (AvgIpc) is 3.00. The van der Waals surface area contributed by atoms with E-state index >= 15 is 0 Å². The molecule has 1 amide bonds. The van der Waals surface area contributed by atoms with Crippen molar-refractivity contribution in [3.8, 4) is 5.75 Å². The Kier molecular flexibility index (Phi) is 3.50. The molecule has 0 spiro atoms. The number of hydrogen-bond donors (Lipinski definition) is 2. The number of amides is 1. The minimum Gasteiger partial charge on any atom is -0.496 e. The normalized spacial score (nSPS) is 16.8. The van der Waals surface area contributed by atoms with Crippen molar-refractivity contribution >= 4 is 11.9 Å². The second-order valence-corrected chi connectivity index (χ2v) is 4.83. The summed E-state index contributed by atoms with van der Waals surface area (Å²) < 4.78 is 7.01. The number of para-hydroxylation sites is 1. The van der Waals surface area contributed by atoms with E-state index in [-0.39, 0.29) is 5.91 Å². The van der Waals surface area contributed by atoms with Crippen LogP contribution in [0.15, 0.2) is 35.5 Å². The summed E-state index contributed by atoms with van der Waals surface area (Å²) in [5.41, 5.74) is 2.07. The van der Waals surface area contributed by atoms with Crippen LogP contribution in [0.1, 0.15) is 18.5 Å². The number of aromatic nitrogens is 4. The predicted molar refractivity (Wildman–Crippen MR) is 79.3 cm³/mol. The molecule has 1 aromatic heterocycles. The first-order valence-electron chi connectivity index (χ1n) is 6.78. The van der Waals surface area contributed by atoms with Crippen molar-refractivity contribution in [3.05, 3.63) is 41.1 Å². The van der Waals surface area contributed by atoms with E-state index < -0.39 is 6.04 Å². The summed E-state index contributed by atoms with van der Waals surface area (Å²) in [6, 6.07) is 7.05. The number of likely N-dealkylation sites (N-methyl/N-ethyl adjacent to an activating group) is 1. The molecule has 0 saturated carbocycles. The molecular weight excluding hydrogens is 284 g/mol. The van der Waals surface area contributed by atoms with E-state index in [1.807, 2.05) is 31.2 Å². The number of carbonyl (C=O) groups is 1. The largest absolute Gasteiger partial charge is 0.496 e. The maximum atomic E-state index is 12.4. The smallest absolute Gasteiger partial charge is 0.251 e. The van der Waals surface area contributed by atoms with Crippen LogP contribution < -0.4 is 15.4 Å². The predicted octanol–water partition coefficient (Wildman–Crippen LogP) is 0.717. The molecule has 2 aromatic rings. The van der Waals surface area contributed by atoms with Gasteiger partial charge in [-0.2, -0.15) is 4.68 Å². The maximum Gasteiger partial charge on any atom is 0.251 e. The molecule has 3 rings (SSSR count). The van der Waals surface area contributed by atoms with Crippen LogP contribution in [0.4, 0.5) is 5.95 Å². The van der Waals surface area contributed by atoms with Crippen LogP contribution in [0.2, 0.25) is 0 Å². The number of allylic oxidation sites excluding steroid dienone is 1. The highest BCUT2D eigenvalue weighted by Crippen LogP contribution is 2.38. The molecule has 1 aromatic carbocycles. The lowest BCUT2D eigenvalue weighted by Gasteiger charge is -2.28. The van der Waals surface area contributed by atoms with Gasteiger partial charge >= 0.3 is 0 Å². The van der Waals surface area contributed by atoms with Crippen LogP contribution >= 0.6 is 0 Å². The number of carbonyl (C=O) groups excluding carboxylic acids is 1. The molecule has 0 saturated heterocycles. The van der Waals surface area contributed by atoms with Crippen molar-refractivity contribution in [3.63, 3.8) is 0 Å². The number of rotatable bonds is 3. The van der Waals surface area contributed by atoms with Gasteiger partial charge in [0.15, 0.2) is 0 Å². The van der Waals surface area contributed by atoms with Gasteiger partial charge in [0.05, 0.1) is 12.7 Å². The standard InChI is InChI=1S/C14H16N6O2/c1-8-11(13(21)15-2)12(20-14(16-8)17-18-19-20)9-6-4-5-7-10(9)22-3/h4-7,12H,1-3H3,(H,15,21)(H,16,17,19). The molecule has 22 heavy (non-hydrogen) atoms. The van der Waals surface area contributed by atoms with Gasteiger partial charge < -0.3 is 15.4 Å². The lowest BCUT2D eigenvalue weighted by atomic mass is 9.94. The summed E-state index contributed by atoms with van der Waals surface area (Å²) in [7, 11) is 3.19. The molecule has 0 radical (unpaired) electrons. The van der Waals surface area contributed by atoms with Crippen LogP contribution in [0, 0.1) is 0 Å². The van der Waals surface area contributed by atoms with Crippen molar-refractivity contribution < 1.29 is 9.53 Å². The van der Waals surface area contributed by atoms with Crippen LogP contribution in [-0.2, 0) is 4.79 Å². The van der Waals surface area contributed by atoms with E-state index in [0.717, 1.165) is 5.56 Å². The third-order valence-corrected chi connectivity index (χ3v) is 3.62. The van der Waals surface area contributed by atoms with Crippen LogP contribution in [0.3, 0.4) is 0 Å². The van der Waals surface area contributed by atoms with Crippen molar-refractivity contribution in [2.24, 2.45) is 0 Å². The minimum atomic E-state index is -0.456. The Morgan fingerprint density at radius 3 is 2.91 bits per heavy atom. The molecule has 0 bridgehead atoms. The number of anilines is 1. The van der Waals surface area contributed by atoms with Gasteiger partial charge in [-0.15, -0.1) is 0 Å². The number of nitrogens with zero attached hydrogens (tertiary/aromatic N) is 4. The number of ether oxygens (including phenoxy) is 1. The molecule has 114 valence electrons. The Bertz CT molecular complexity index is 751. The zero-order valence-electron chi connectivity index (χ0n) is 12.5. The second kappa shape index (κ2) is 5.47. The first-order chi connectivity index (χ1) is 10.7. The van der Waals surface area contributed by atoms with E-state index in [2.05, 4.69) is 26.2 Å². The zero-order chi connectivity index (χ0) is 15.7. The quantitative estimate of drug-likeness (QED) is 0.867. The Labute approximate surface area is 127 Å². The maximum absolute atomic E-state index is 12.4. The number of hydrogen-bond acceptors (Lipinski definition) is 6. The van der Waals surface area contributed by atoms with Crippen molar-refractivity contribution in [2.75, 3.05) is 19.5 Å². The Morgan fingerprint density at radius 2 is 2.18 bits per heavy atom. The fourth-order valence-corrected chi connectivity index (χ4v) is 2.62. The minimum absolute atomic E-state index is 0.193. The van der Waals surface area contributed by atoms with Crippen LogP contribution in [0.5, 0.6) is 5.75 Å². The summed E-state index contributed by atoms with van der Waals surface area (Å²) in [5, 5.41) is 17.4. The number of tetrazole rings is 1. The van der Waals surface area contributed by atoms with Gasteiger partial charge in [0, 0.05) is 18.3 Å². The Balaban J connectivity index is 2.23. The third kappa shape index (κ3) is 2.09. The molecule has 1 aliphatic rings. The summed E-state index contributed by atoms with van der Waals surface area (Å²) in [5.74, 6) is 0.966. The fourth-order valence-electron chi connectivity index (χ4n) is 2.62. The molecule has 0 fully saturated rings. The first-order valence-corrected chi connectivity index (χ1v) is 6.78. The van der Waals surface area contributed by atoms with Crippen LogP contribution in [0.25, 0.3) is 0 Å². The van der Waals surface area contributed by atoms with Gasteiger partial charge in [0.2, 0.25) is 5.95 Å². The molecule has 0 aliphatic carbocycles. The molecule has 8 heteroatoms. The van der Waals surface area contributed by atoms with Gasteiger partial charge in [0.1, 0.15) is 11.8 Å². The molecule has 1 aliphatic heterocycles. The molecule has 1 unspecified atom stereocenters. The summed E-state index contributed by atoms with van der Waals surface area (Å²) in [6.45, 7) is 1.82. The Hall–Kier alpha value is -2.90. The molecule has 2 N–H and O–H groups in total. The first kappa shape index (κ1) is 14.1. The summed E-state index contributed by atoms with van der Waals surface area (Å²) >= 11 is 0. The average molecular weight is 300 g/mol. The van der Waals surface area contributed by atoms with E-state index in [1.165, 1.54) is 0 Å². The molecule has 8 nitrogen and oxygen atoms in total. The highest BCUT2D eigenvalue weighted by Gasteiger charge is 2.35. The molecule has 2 heterocycles. The third-order valence-electron chi connectivity index (χ3n) is 3.62. The SMILES string of the molecule is CNC(=O)C1=C(C)Nc2nnnn2C1c1ccccc1OC. The van der Waals surface area contributed by atoms with E-state index in [0.29, 0.717) is 23.0 Å². The second-order valence-electron chi connectivity index (χ2n) is 4.83. The topological polar surface area (TPSA) is 94.0 Å². The van der Waals surface area contributed by atoms with Crippen molar-refractivity contribution in [1.82, 2.24) is 25.5 Å². The van der Waals surface area contributed by atoms with Gasteiger partial charge in [-0.3, -0.25) is 4.79 Å². The highest BCUT2D eigenvalue weighted by molar-refractivity contribution is 5.96. The molecular formula is C14H16N6O2. The lowest BCUT2D eigenvalue weighted by molar-refractivity contribution is -0.117. The highest BCUT2D eigenvalue weighted by atomic mass is 16.5. The van der Waals surface area contributed by atoms with E-state index in [1.54, 1.807) is 18.8 Å². The van der Waals surface area contributed by atoms with Crippen molar-refractivity contribution in [2.45, 2.75) is 13.0 Å². The monoisotopic (exact) mass is 300 g/mol. The van der Waals surface area contributed by atoms with Gasteiger partial charge in [-0.25, -0.2) is 0 Å². The number of benzene rings is 1. The van der Waals surface area contributed by atoms with E-state index in [4.69, 9.17) is 4.74 Å². The van der Waals surface area contributed by atoms with Gasteiger partial charge in [-0.1, -0.05) is 23.3 Å². The summed E-state index contributed by atoms with van der Waals surface area (Å²) in [6.07, 6.45) is 0. The Morgan fingerprint density at radius 1 is 1.41 bits per heavy atom. The fraction of sp³-hybridized carbons (Fsp3) is 0.286. The van der Waals surface area contributed by atoms with Gasteiger partial charge in [-0.05, 0) is 23.4 Å². The molecule has 1 atom stereocenters. The number of fused-ring (bicyclic) bond motifs is 1. The zero-order valence-corrected chi connectivity index (χ0v) is 12.5. The van der Waals surface area contributed by atoms with Crippen molar-refractivity contribution in [1.29, 1.82) is 0 Å². The van der Waals surface area contributed by atoms with E-state index in [9.17, 15) is 4.79 Å². The summed E-state index contributed by atoms with van der Waals surface area (Å²) in [4.78, 5) is 12.4. The van der Waals surface area contributed by atoms with Gasteiger partial charge in [0.25, 0.3) is 5.91 Å². The van der Waals surface area contributed by atoms with Crippen LogP contribution in [-0.4, -0.2) is 40.3 Å².